The van der Waals surface area contributed by atoms with Gasteiger partial charge in [-0.05, 0) is 12.1 Å². The fraction of sp³-hybridized carbons (Fsp3) is 0.125. The van der Waals surface area contributed by atoms with E-state index in [1.807, 2.05) is 0 Å². The molecule has 3 rings (SSSR count). The van der Waals surface area contributed by atoms with Crippen molar-refractivity contribution < 1.29 is 0 Å². The molecule has 2 aromatic heterocycles. The van der Waals surface area contributed by atoms with Crippen molar-refractivity contribution in [3.05, 3.63) is 60.2 Å². The normalized spacial score (nSPS) is 12.1. The second-order valence-electron chi connectivity index (χ2n) is 5.24. The quantitative estimate of drug-likeness (QED) is 0.441. The Labute approximate surface area is 185 Å². The summed E-state index contributed by atoms with van der Waals surface area (Å²) in [4.78, 5) is 16.7. The number of hydrogen-bond acceptors (Lipinski definition) is 5. The zero-order valence-corrected chi connectivity index (χ0v) is 17.7. The highest BCUT2D eigenvalue weighted by Gasteiger charge is 2.29. The maximum Gasteiger partial charge on any atom is 0.250 e. The SMILES string of the molecule is ClC(Cl)(Cl)c1ccc(-c2nc(Nc3ccncc3)nc(C(Cl)(Cl)Cl)n2)cc1. The lowest BCUT2D eigenvalue weighted by atomic mass is 10.1. The van der Waals surface area contributed by atoms with Crippen molar-refractivity contribution in [3.63, 3.8) is 0 Å². The first-order valence-corrected chi connectivity index (χ1v) is 9.58. The molecule has 1 aromatic carbocycles. The lowest BCUT2D eigenvalue weighted by Gasteiger charge is -2.14. The van der Waals surface area contributed by atoms with Gasteiger partial charge < -0.3 is 5.32 Å². The van der Waals surface area contributed by atoms with E-state index in [1.54, 1.807) is 48.8 Å². The van der Waals surface area contributed by atoms with E-state index in [4.69, 9.17) is 69.6 Å². The molecular weight excluding hydrogens is 475 g/mol. The number of anilines is 2. The first-order chi connectivity index (χ1) is 12.6. The average molecular weight is 484 g/mol. The third-order valence-electron chi connectivity index (χ3n) is 3.30. The number of halogens is 6. The summed E-state index contributed by atoms with van der Waals surface area (Å²) in [6.45, 7) is 0. The standard InChI is InChI=1S/C16H9Cl6N5/c17-15(18,19)10-3-1-9(2-4-10)12-25-13(16(20,21)22)27-14(26-12)24-11-5-7-23-8-6-11/h1-8H,(H,23,24,25,26,27). The molecule has 0 aliphatic heterocycles. The van der Waals surface area contributed by atoms with Crippen LogP contribution in [0.5, 0.6) is 0 Å². The van der Waals surface area contributed by atoms with Crippen LogP contribution in [0.15, 0.2) is 48.8 Å². The molecule has 0 spiro atoms. The van der Waals surface area contributed by atoms with Gasteiger partial charge in [-0.15, -0.1) is 0 Å². The fourth-order valence-electron chi connectivity index (χ4n) is 2.06. The summed E-state index contributed by atoms with van der Waals surface area (Å²) in [5.74, 6) is 0.469. The number of aromatic nitrogens is 4. The van der Waals surface area contributed by atoms with Gasteiger partial charge in [-0.2, -0.15) is 9.97 Å². The molecule has 0 fully saturated rings. The first-order valence-electron chi connectivity index (χ1n) is 7.31. The Kier molecular flexibility index (Phi) is 6.21. The Bertz CT molecular complexity index is 923. The van der Waals surface area contributed by atoms with Crippen molar-refractivity contribution in [2.75, 3.05) is 5.32 Å². The Morgan fingerprint density at radius 1 is 0.704 bits per heavy atom. The fourth-order valence-corrected chi connectivity index (χ4v) is 2.69. The molecule has 3 aromatic rings. The largest absolute Gasteiger partial charge is 0.324 e. The van der Waals surface area contributed by atoms with E-state index in [2.05, 4.69) is 25.3 Å². The third kappa shape index (κ3) is 5.47. The molecule has 1 N–H and O–H groups in total. The number of nitrogens with one attached hydrogen (secondary N) is 1. The number of nitrogens with zero attached hydrogens (tertiary/aromatic N) is 4. The van der Waals surface area contributed by atoms with E-state index in [0.717, 1.165) is 0 Å². The highest BCUT2D eigenvalue weighted by Crippen LogP contribution is 2.39. The zero-order valence-electron chi connectivity index (χ0n) is 13.2. The molecule has 0 atom stereocenters. The van der Waals surface area contributed by atoms with E-state index in [0.29, 0.717) is 22.6 Å². The molecule has 0 aliphatic rings. The summed E-state index contributed by atoms with van der Waals surface area (Å²) in [6, 6.07) is 10.2. The van der Waals surface area contributed by atoms with Gasteiger partial charge in [0.1, 0.15) is 0 Å². The maximum absolute atomic E-state index is 5.97. The van der Waals surface area contributed by atoms with Crippen molar-refractivity contribution in [2.24, 2.45) is 0 Å². The van der Waals surface area contributed by atoms with E-state index in [-0.39, 0.29) is 11.8 Å². The zero-order chi connectivity index (χ0) is 19.7. The molecule has 27 heavy (non-hydrogen) atoms. The molecule has 0 amide bonds. The maximum atomic E-state index is 5.97. The summed E-state index contributed by atoms with van der Waals surface area (Å²) in [5.41, 5.74) is 1.84. The second-order valence-corrected chi connectivity index (χ2v) is 9.80. The summed E-state index contributed by atoms with van der Waals surface area (Å²) in [7, 11) is 0. The molecule has 11 heteroatoms. The number of hydrogen-bond donors (Lipinski definition) is 1. The number of benzene rings is 1. The van der Waals surface area contributed by atoms with Crippen molar-refractivity contribution in [2.45, 2.75) is 7.59 Å². The van der Waals surface area contributed by atoms with Gasteiger partial charge in [0, 0.05) is 29.2 Å². The van der Waals surface area contributed by atoms with Gasteiger partial charge in [0.2, 0.25) is 13.5 Å². The molecule has 0 bridgehead atoms. The van der Waals surface area contributed by atoms with Crippen molar-refractivity contribution in [1.29, 1.82) is 0 Å². The summed E-state index contributed by atoms with van der Waals surface area (Å²) < 4.78 is -3.36. The minimum Gasteiger partial charge on any atom is -0.324 e. The molecule has 140 valence electrons. The van der Waals surface area contributed by atoms with Gasteiger partial charge in [-0.3, -0.25) is 4.98 Å². The predicted octanol–water partition coefficient (Wildman–Crippen LogP) is 6.33. The molecule has 0 radical (unpaired) electrons. The molecule has 2 heterocycles. The second kappa shape index (κ2) is 8.11. The van der Waals surface area contributed by atoms with Crippen LogP contribution in [0.1, 0.15) is 11.4 Å². The average Bonchev–Trinajstić information content (AvgIpc) is 2.61. The summed E-state index contributed by atoms with van der Waals surface area (Å²) >= 11 is 35.5. The van der Waals surface area contributed by atoms with Gasteiger partial charge in [-0.25, -0.2) is 4.98 Å². The van der Waals surface area contributed by atoms with Gasteiger partial charge in [0.05, 0.1) is 0 Å². The highest BCUT2D eigenvalue weighted by atomic mass is 35.6. The van der Waals surface area contributed by atoms with Crippen LogP contribution in [0.25, 0.3) is 11.4 Å². The van der Waals surface area contributed by atoms with Crippen LogP contribution in [-0.4, -0.2) is 19.9 Å². The molecule has 0 unspecified atom stereocenters. The third-order valence-corrected chi connectivity index (χ3v) is 4.46. The first kappa shape index (κ1) is 20.6. The van der Waals surface area contributed by atoms with Crippen LogP contribution in [0.3, 0.4) is 0 Å². The van der Waals surface area contributed by atoms with Crippen LogP contribution in [0.2, 0.25) is 0 Å². The van der Waals surface area contributed by atoms with Crippen molar-refractivity contribution >= 4 is 81.2 Å². The lowest BCUT2D eigenvalue weighted by molar-refractivity contribution is 0.931. The van der Waals surface area contributed by atoms with E-state index >= 15 is 0 Å². The van der Waals surface area contributed by atoms with Crippen molar-refractivity contribution in [1.82, 2.24) is 19.9 Å². The van der Waals surface area contributed by atoms with Crippen LogP contribution in [0.4, 0.5) is 11.6 Å². The smallest absolute Gasteiger partial charge is 0.250 e. The van der Waals surface area contributed by atoms with Gasteiger partial charge >= 0.3 is 0 Å². The van der Waals surface area contributed by atoms with Crippen molar-refractivity contribution in [3.8, 4) is 11.4 Å². The minimum absolute atomic E-state index is 0.0282. The van der Waals surface area contributed by atoms with E-state index in [1.165, 1.54) is 0 Å². The molecule has 0 aliphatic carbocycles. The Hall–Kier alpha value is -1.08. The summed E-state index contributed by atoms with van der Waals surface area (Å²) in [6.07, 6.45) is 3.24. The molecule has 5 nitrogen and oxygen atoms in total. The highest BCUT2D eigenvalue weighted by molar-refractivity contribution is 6.67. The monoisotopic (exact) mass is 481 g/mol. The Morgan fingerprint density at radius 3 is 1.89 bits per heavy atom. The van der Waals surface area contributed by atoms with Crippen LogP contribution in [0, 0.1) is 0 Å². The Balaban J connectivity index is 2.02. The minimum atomic E-state index is -1.83. The van der Waals surface area contributed by atoms with Gasteiger partial charge in [-0.1, -0.05) is 93.9 Å². The lowest BCUT2D eigenvalue weighted by Crippen LogP contribution is -2.12. The number of rotatable bonds is 3. The van der Waals surface area contributed by atoms with Crippen LogP contribution >= 0.6 is 69.6 Å². The molecule has 0 saturated carbocycles. The van der Waals surface area contributed by atoms with Crippen LogP contribution in [-0.2, 0) is 7.59 Å². The topological polar surface area (TPSA) is 63.6 Å². The molecular formula is C16H9Cl6N5. The van der Waals surface area contributed by atoms with Crippen LogP contribution < -0.4 is 5.32 Å². The van der Waals surface area contributed by atoms with E-state index < -0.39 is 7.59 Å². The number of pyridine rings is 1. The number of alkyl halides is 6. The van der Waals surface area contributed by atoms with E-state index in [9.17, 15) is 0 Å². The van der Waals surface area contributed by atoms with Gasteiger partial charge in [0.25, 0.3) is 0 Å². The summed E-state index contributed by atoms with van der Waals surface area (Å²) in [5, 5.41) is 3.02. The predicted molar refractivity (Wildman–Crippen MR) is 111 cm³/mol. The van der Waals surface area contributed by atoms with Gasteiger partial charge in [0.15, 0.2) is 11.6 Å². The molecule has 0 saturated heterocycles. The Morgan fingerprint density at radius 2 is 1.33 bits per heavy atom.